The molecule has 0 aliphatic heterocycles. The summed E-state index contributed by atoms with van der Waals surface area (Å²) in [7, 11) is 0. The van der Waals surface area contributed by atoms with Crippen LogP contribution in [0, 0.1) is 11.8 Å². The van der Waals surface area contributed by atoms with Crippen LogP contribution in [0.1, 0.15) is 39.0 Å². The summed E-state index contributed by atoms with van der Waals surface area (Å²) in [5.74, 6) is 1.36. The van der Waals surface area contributed by atoms with Crippen molar-refractivity contribution in [2.24, 2.45) is 11.8 Å². The van der Waals surface area contributed by atoms with Gasteiger partial charge < -0.3 is 5.32 Å². The highest BCUT2D eigenvalue weighted by Gasteiger charge is 2.21. The Morgan fingerprint density at radius 1 is 1.35 bits per heavy atom. The van der Waals surface area contributed by atoms with E-state index in [9.17, 15) is 0 Å². The van der Waals surface area contributed by atoms with Crippen LogP contribution in [0.2, 0.25) is 5.02 Å². The van der Waals surface area contributed by atoms with Crippen molar-refractivity contribution in [1.82, 2.24) is 5.32 Å². The lowest BCUT2D eigenvalue weighted by Gasteiger charge is -2.28. The van der Waals surface area contributed by atoms with E-state index in [0.717, 1.165) is 18.0 Å². The molecule has 0 bridgehead atoms. The largest absolute Gasteiger partial charge is 0.313 e. The second-order valence-corrected chi connectivity index (χ2v) is 6.47. The van der Waals surface area contributed by atoms with Crippen molar-refractivity contribution < 1.29 is 0 Å². The average Bonchev–Trinajstić information content (AvgIpc) is 2.69. The first-order chi connectivity index (χ1) is 8.06. The molecule has 0 aromatic carbocycles. The summed E-state index contributed by atoms with van der Waals surface area (Å²) in [6, 6.07) is 2.53. The van der Waals surface area contributed by atoms with E-state index in [4.69, 9.17) is 11.6 Å². The molecule has 0 amide bonds. The van der Waals surface area contributed by atoms with E-state index in [1.54, 1.807) is 11.3 Å². The third kappa shape index (κ3) is 4.61. The Balaban J connectivity index is 2.66. The molecule has 1 aromatic rings. The molecule has 3 heteroatoms. The van der Waals surface area contributed by atoms with Gasteiger partial charge in [0.1, 0.15) is 0 Å². The second-order valence-electron chi connectivity index (χ2n) is 5.06. The molecule has 98 valence electrons. The molecule has 17 heavy (non-hydrogen) atoms. The molecule has 1 nitrogen and oxygen atoms in total. The minimum Gasteiger partial charge on any atom is -0.313 e. The van der Waals surface area contributed by atoms with Crippen LogP contribution in [0.5, 0.6) is 0 Å². The number of halogens is 1. The predicted molar refractivity (Wildman–Crippen MR) is 79.1 cm³/mol. The maximum absolute atomic E-state index is 6.18. The first-order valence-electron chi connectivity index (χ1n) is 6.51. The van der Waals surface area contributed by atoms with Gasteiger partial charge in [-0.15, -0.1) is 11.3 Å². The highest BCUT2D eigenvalue weighted by Crippen LogP contribution is 2.26. The van der Waals surface area contributed by atoms with Crippen LogP contribution in [0.3, 0.4) is 0 Å². The van der Waals surface area contributed by atoms with Crippen LogP contribution in [0.25, 0.3) is 0 Å². The molecule has 0 aliphatic carbocycles. The van der Waals surface area contributed by atoms with Gasteiger partial charge in [-0.1, -0.05) is 39.3 Å². The maximum Gasteiger partial charge on any atom is 0.0545 e. The lowest BCUT2D eigenvalue weighted by atomic mass is 9.88. The molecular formula is C14H24ClNS. The van der Waals surface area contributed by atoms with Crippen LogP contribution >= 0.6 is 22.9 Å². The lowest BCUT2D eigenvalue weighted by molar-refractivity contribution is 0.298. The molecule has 1 heterocycles. The Morgan fingerprint density at radius 3 is 2.53 bits per heavy atom. The summed E-state index contributed by atoms with van der Waals surface area (Å²) in [6.07, 6.45) is 2.23. The van der Waals surface area contributed by atoms with Crippen LogP contribution in [-0.4, -0.2) is 12.6 Å². The second kappa shape index (κ2) is 7.40. The topological polar surface area (TPSA) is 12.0 Å². The molecule has 0 spiro atoms. The maximum atomic E-state index is 6.18. The van der Waals surface area contributed by atoms with E-state index in [-0.39, 0.29) is 0 Å². The normalized spacial score (nSPS) is 15.2. The van der Waals surface area contributed by atoms with E-state index >= 15 is 0 Å². The summed E-state index contributed by atoms with van der Waals surface area (Å²) in [4.78, 5) is 1.31. The minimum atomic E-state index is 0.533. The van der Waals surface area contributed by atoms with Gasteiger partial charge in [0.05, 0.1) is 5.02 Å². The SMILES string of the molecule is CCCNC(Cc1sccc1Cl)C(C)C(C)C. The van der Waals surface area contributed by atoms with Crippen molar-refractivity contribution in [2.75, 3.05) is 6.54 Å². The molecule has 0 aliphatic rings. The van der Waals surface area contributed by atoms with Crippen LogP contribution < -0.4 is 5.32 Å². The van der Waals surface area contributed by atoms with Crippen molar-refractivity contribution in [3.63, 3.8) is 0 Å². The zero-order valence-corrected chi connectivity index (χ0v) is 12.9. The summed E-state index contributed by atoms with van der Waals surface area (Å²) in [5.41, 5.74) is 0. The van der Waals surface area contributed by atoms with Gasteiger partial charge in [-0.05, 0) is 42.7 Å². The van der Waals surface area contributed by atoms with Crippen molar-refractivity contribution in [2.45, 2.75) is 46.6 Å². The van der Waals surface area contributed by atoms with Gasteiger partial charge in [-0.3, -0.25) is 0 Å². The van der Waals surface area contributed by atoms with E-state index in [1.165, 1.54) is 11.3 Å². The lowest BCUT2D eigenvalue weighted by Crippen LogP contribution is -2.39. The van der Waals surface area contributed by atoms with E-state index in [2.05, 4.69) is 38.4 Å². The third-order valence-electron chi connectivity index (χ3n) is 3.44. The Morgan fingerprint density at radius 2 is 2.06 bits per heavy atom. The average molecular weight is 274 g/mol. The smallest absolute Gasteiger partial charge is 0.0545 e. The zero-order valence-electron chi connectivity index (χ0n) is 11.3. The van der Waals surface area contributed by atoms with Crippen LogP contribution in [0.4, 0.5) is 0 Å². The quantitative estimate of drug-likeness (QED) is 0.765. The number of thiophene rings is 1. The highest BCUT2D eigenvalue weighted by atomic mass is 35.5. The summed E-state index contributed by atoms with van der Waals surface area (Å²) in [5, 5.41) is 6.67. The molecule has 1 aromatic heterocycles. The van der Waals surface area contributed by atoms with Gasteiger partial charge in [0.25, 0.3) is 0 Å². The molecule has 1 rings (SSSR count). The van der Waals surface area contributed by atoms with E-state index in [0.29, 0.717) is 17.9 Å². The number of nitrogens with one attached hydrogen (secondary N) is 1. The van der Waals surface area contributed by atoms with Crippen molar-refractivity contribution in [1.29, 1.82) is 0 Å². The number of rotatable bonds is 7. The molecule has 0 saturated carbocycles. The molecular weight excluding hydrogens is 250 g/mol. The fraction of sp³-hybridized carbons (Fsp3) is 0.714. The summed E-state index contributed by atoms with van der Waals surface area (Å²) < 4.78 is 0. The van der Waals surface area contributed by atoms with Gasteiger partial charge in [-0.2, -0.15) is 0 Å². The van der Waals surface area contributed by atoms with Gasteiger partial charge in [-0.25, -0.2) is 0 Å². The number of hydrogen-bond donors (Lipinski definition) is 1. The predicted octanol–water partition coefficient (Wildman–Crippen LogP) is 4.60. The first kappa shape index (κ1) is 15.0. The van der Waals surface area contributed by atoms with Gasteiger partial charge in [0.2, 0.25) is 0 Å². The third-order valence-corrected chi connectivity index (χ3v) is 4.85. The van der Waals surface area contributed by atoms with Gasteiger partial charge in [0, 0.05) is 10.9 Å². The molecule has 0 radical (unpaired) electrons. The van der Waals surface area contributed by atoms with Crippen molar-refractivity contribution in [3.05, 3.63) is 21.3 Å². The van der Waals surface area contributed by atoms with Crippen LogP contribution in [0.15, 0.2) is 11.4 Å². The fourth-order valence-corrected chi connectivity index (χ4v) is 3.08. The monoisotopic (exact) mass is 273 g/mol. The van der Waals surface area contributed by atoms with Gasteiger partial charge >= 0.3 is 0 Å². The van der Waals surface area contributed by atoms with E-state index in [1.807, 2.05) is 6.07 Å². The Kier molecular flexibility index (Phi) is 6.53. The van der Waals surface area contributed by atoms with Crippen LogP contribution in [-0.2, 0) is 6.42 Å². The van der Waals surface area contributed by atoms with Crippen molar-refractivity contribution >= 4 is 22.9 Å². The summed E-state index contributed by atoms with van der Waals surface area (Å²) >= 11 is 7.95. The summed E-state index contributed by atoms with van der Waals surface area (Å²) in [6.45, 7) is 10.2. The minimum absolute atomic E-state index is 0.533. The Hall–Kier alpha value is -0.0500. The molecule has 2 atom stereocenters. The Labute approximate surface area is 115 Å². The zero-order chi connectivity index (χ0) is 12.8. The standard InChI is InChI=1S/C14H24ClNS/c1-5-7-16-13(11(4)10(2)3)9-14-12(15)6-8-17-14/h6,8,10-11,13,16H,5,7,9H2,1-4H3. The Bertz CT molecular complexity index is 322. The molecule has 0 fully saturated rings. The van der Waals surface area contributed by atoms with Gasteiger partial charge in [0.15, 0.2) is 0 Å². The number of hydrogen-bond acceptors (Lipinski definition) is 2. The molecule has 0 saturated heterocycles. The van der Waals surface area contributed by atoms with Crippen molar-refractivity contribution in [3.8, 4) is 0 Å². The highest BCUT2D eigenvalue weighted by molar-refractivity contribution is 7.10. The fourth-order valence-electron chi connectivity index (χ4n) is 1.91. The van der Waals surface area contributed by atoms with E-state index < -0.39 is 0 Å². The molecule has 2 unspecified atom stereocenters. The first-order valence-corrected chi connectivity index (χ1v) is 7.77. The molecule has 1 N–H and O–H groups in total.